The Balaban J connectivity index is 0.00000256. The normalized spacial score (nSPS) is 12.3. The van der Waals surface area contributed by atoms with Gasteiger partial charge in [-0.25, -0.2) is 4.98 Å². The number of rotatable bonds is 6. The molecule has 0 fully saturated rings. The molecule has 160 valence electrons. The van der Waals surface area contributed by atoms with Gasteiger partial charge < -0.3 is 14.4 Å². The number of aromatic nitrogens is 1. The number of nitrogens with zero attached hydrogens (tertiary/aromatic N) is 3. The number of thiazole rings is 1. The monoisotopic (exact) mass is 467 g/mol. The summed E-state index contributed by atoms with van der Waals surface area (Å²) < 4.78 is 11.8. The largest absolute Gasteiger partial charge is 0.454 e. The number of benzene rings is 2. The molecule has 1 aliphatic rings. The maximum Gasteiger partial charge on any atom is 0.260 e. The molecule has 1 aliphatic heterocycles. The van der Waals surface area contributed by atoms with Crippen molar-refractivity contribution in [2.75, 3.05) is 38.9 Å². The zero-order valence-electron chi connectivity index (χ0n) is 17.0. The Morgan fingerprint density at radius 1 is 1.17 bits per heavy atom. The van der Waals surface area contributed by atoms with Gasteiger partial charge in [-0.05, 0) is 69.9 Å². The van der Waals surface area contributed by atoms with Gasteiger partial charge in [-0.1, -0.05) is 22.9 Å². The van der Waals surface area contributed by atoms with Crippen LogP contribution in [0.25, 0.3) is 10.2 Å². The number of fused-ring (bicyclic) bond motifs is 2. The van der Waals surface area contributed by atoms with Crippen LogP contribution < -0.4 is 14.4 Å². The van der Waals surface area contributed by atoms with Gasteiger partial charge in [0.2, 0.25) is 6.79 Å². The number of hydrogen-bond acceptors (Lipinski definition) is 6. The number of hydrogen-bond donors (Lipinski definition) is 0. The Bertz CT molecular complexity index is 1070. The number of amides is 1. The highest BCUT2D eigenvalue weighted by Gasteiger charge is 2.24. The smallest absolute Gasteiger partial charge is 0.260 e. The first-order chi connectivity index (χ1) is 13.9. The number of carbonyl (C=O) groups is 1. The summed E-state index contributed by atoms with van der Waals surface area (Å²) in [7, 11) is 4.04. The summed E-state index contributed by atoms with van der Waals surface area (Å²) in [6, 6.07) is 9.10. The Morgan fingerprint density at radius 3 is 2.70 bits per heavy atom. The van der Waals surface area contributed by atoms with Crippen molar-refractivity contribution < 1.29 is 14.3 Å². The highest BCUT2D eigenvalue weighted by atomic mass is 35.5. The topological polar surface area (TPSA) is 54.9 Å². The van der Waals surface area contributed by atoms with E-state index in [0.29, 0.717) is 33.8 Å². The highest BCUT2D eigenvalue weighted by Crippen LogP contribution is 2.36. The quantitative estimate of drug-likeness (QED) is 0.509. The summed E-state index contributed by atoms with van der Waals surface area (Å²) >= 11 is 7.76. The Hall–Kier alpha value is -2.06. The predicted molar refractivity (Wildman–Crippen MR) is 124 cm³/mol. The predicted octanol–water partition coefficient (Wildman–Crippen LogP) is 5.01. The van der Waals surface area contributed by atoms with E-state index in [-0.39, 0.29) is 25.1 Å². The lowest BCUT2D eigenvalue weighted by molar-refractivity contribution is 0.0985. The molecule has 2 aromatic carbocycles. The molecule has 9 heteroatoms. The minimum absolute atomic E-state index is 0. The van der Waals surface area contributed by atoms with E-state index in [9.17, 15) is 4.79 Å². The molecule has 0 N–H and O–H groups in total. The van der Waals surface area contributed by atoms with E-state index in [4.69, 9.17) is 26.1 Å². The van der Waals surface area contributed by atoms with Crippen LogP contribution in [-0.4, -0.2) is 49.8 Å². The fraction of sp³-hybridized carbons (Fsp3) is 0.333. The molecule has 30 heavy (non-hydrogen) atoms. The van der Waals surface area contributed by atoms with E-state index < -0.39 is 0 Å². The van der Waals surface area contributed by atoms with Crippen LogP contribution in [0.3, 0.4) is 0 Å². The summed E-state index contributed by atoms with van der Waals surface area (Å²) in [6.07, 6.45) is 0.832. The number of ether oxygens (including phenoxy) is 2. The number of halogens is 2. The fourth-order valence-corrected chi connectivity index (χ4v) is 4.42. The third-order valence-corrected chi connectivity index (χ3v) is 6.27. The van der Waals surface area contributed by atoms with Gasteiger partial charge >= 0.3 is 0 Å². The van der Waals surface area contributed by atoms with Gasteiger partial charge in [0.05, 0.1) is 10.2 Å². The zero-order valence-corrected chi connectivity index (χ0v) is 19.4. The zero-order chi connectivity index (χ0) is 20.5. The van der Waals surface area contributed by atoms with Crippen LogP contribution in [0.2, 0.25) is 5.02 Å². The molecular weight excluding hydrogens is 445 g/mol. The highest BCUT2D eigenvalue weighted by molar-refractivity contribution is 7.22. The summed E-state index contributed by atoms with van der Waals surface area (Å²) in [5, 5.41) is 1.35. The van der Waals surface area contributed by atoms with Crippen molar-refractivity contribution in [3.8, 4) is 11.5 Å². The van der Waals surface area contributed by atoms with Crippen molar-refractivity contribution in [2.24, 2.45) is 0 Å². The molecule has 1 aromatic heterocycles. The average Bonchev–Trinajstić information content (AvgIpc) is 3.34. The van der Waals surface area contributed by atoms with Crippen molar-refractivity contribution in [1.82, 2.24) is 9.88 Å². The molecule has 6 nitrogen and oxygen atoms in total. The molecular formula is C21H23Cl2N3O3S. The lowest BCUT2D eigenvalue weighted by atomic mass is 10.1. The van der Waals surface area contributed by atoms with Crippen LogP contribution in [0.1, 0.15) is 22.3 Å². The third-order valence-electron chi connectivity index (χ3n) is 4.82. The summed E-state index contributed by atoms with van der Waals surface area (Å²) in [6.45, 7) is 3.57. The van der Waals surface area contributed by atoms with Gasteiger partial charge in [0.15, 0.2) is 16.6 Å². The van der Waals surface area contributed by atoms with Gasteiger partial charge in [0.1, 0.15) is 0 Å². The van der Waals surface area contributed by atoms with E-state index in [1.54, 1.807) is 23.1 Å². The number of anilines is 1. The minimum atomic E-state index is -0.107. The second-order valence-electron chi connectivity index (χ2n) is 7.20. The van der Waals surface area contributed by atoms with Gasteiger partial charge in [0.25, 0.3) is 5.91 Å². The minimum Gasteiger partial charge on any atom is -0.454 e. The van der Waals surface area contributed by atoms with Crippen LogP contribution in [0.4, 0.5) is 5.13 Å². The van der Waals surface area contributed by atoms with E-state index in [1.807, 2.05) is 33.2 Å². The lowest BCUT2D eigenvalue weighted by Crippen LogP contribution is -2.33. The Morgan fingerprint density at radius 2 is 1.93 bits per heavy atom. The second kappa shape index (κ2) is 9.39. The fourth-order valence-electron chi connectivity index (χ4n) is 3.22. The molecule has 0 atom stereocenters. The lowest BCUT2D eigenvalue weighted by Gasteiger charge is -2.21. The second-order valence-corrected chi connectivity index (χ2v) is 8.61. The third kappa shape index (κ3) is 4.49. The molecule has 0 saturated carbocycles. The first-order valence-corrected chi connectivity index (χ1v) is 10.6. The molecule has 0 bridgehead atoms. The standard InChI is InChI=1S/C21H22ClN3O3S.ClH/c1-13-15(22)6-8-18-19(13)23-21(29-18)25(10-4-9-24(2)3)20(26)14-5-7-16-17(11-14)28-12-27-16;/h5-8,11H,4,9-10,12H2,1-3H3;1H. The molecule has 4 rings (SSSR count). The molecule has 0 unspecified atom stereocenters. The molecule has 3 aromatic rings. The first kappa shape index (κ1) is 22.6. The van der Waals surface area contributed by atoms with Crippen LogP contribution >= 0.6 is 35.3 Å². The molecule has 0 saturated heterocycles. The number of aryl methyl sites for hydroxylation is 1. The summed E-state index contributed by atoms with van der Waals surface area (Å²) in [5.41, 5.74) is 2.32. The summed E-state index contributed by atoms with van der Waals surface area (Å²) in [4.78, 5) is 22.0. The van der Waals surface area contributed by atoms with E-state index >= 15 is 0 Å². The molecule has 0 radical (unpaired) electrons. The van der Waals surface area contributed by atoms with Crippen molar-refractivity contribution >= 4 is 56.6 Å². The molecule has 2 heterocycles. The van der Waals surface area contributed by atoms with Crippen LogP contribution in [0, 0.1) is 6.92 Å². The molecule has 0 spiro atoms. The van der Waals surface area contributed by atoms with Gasteiger partial charge in [-0.3, -0.25) is 9.69 Å². The molecule has 0 aliphatic carbocycles. The van der Waals surface area contributed by atoms with E-state index in [0.717, 1.165) is 28.7 Å². The first-order valence-electron chi connectivity index (χ1n) is 9.36. The maximum absolute atomic E-state index is 13.4. The van der Waals surface area contributed by atoms with Gasteiger partial charge in [0, 0.05) is 17.1 Å². The Kier molecular flexibility index (Phi) is 7.08. The van der Waals surface area contributed by atoms with Crippen LogP contribution in [-0.2, 0) is 0 Å². The SMILES string of the molecule is Cc1c(Cl)ccc2sc(N(CCCN(C)C)C(=O)c3ccc4c(c3)OCO4)nc12.Cl. The average molecular weight is 468 g/mol. The number of carbonyl (C=O) groups excluding carboxylic acids is 1. The van der Waals surface area contributed by atoms with E-state index in [1.165, 1.54) is 11.3 Å². The van der Waals surface area contributed by atoms with Gasteiger partial charge in [-0.2, -0.15) is 0 Å². The van der Waals surface area contributed by atoms with Gasteiger partial charge in [-0.15, -0.1) is 12.4 Å². The van der Waals surface area contributed by atoms with Crippen molar-refractivity contribution in [1.29, 1.82) is 0 Å². The molecule has 1 amide bonds. The van der Waals surface area contributed by atoms with Crippen molar-refractivity contribution in [3.05, 3.63) is 46.5 Å². The van der Waals surface area contributed by atoms with Crippen molar-refractivity contribution in [2.45, 2.75) is 13.3 Å². The summed E-state index contributed by atoms with van der Waals surface area (Å²) in [5.74, 6) is 1.15. The Labute approximate surface area is 190 Å². The van der Waals surface area contributed by atoms with Crippen molar-refractivity contribution in [3.63, 3.8) is 0 Å². The maximum atomic E-state index is 13.4. The van der Waals surface area contributed by atoms with Crippen LogP contribution in [0.5, 0.6) is 11.5 Å². The van der Waals surface area contributed by atoms with Crippen LogP contribution in [0.15, 0.2) is 30.3 Å². The van der Waals surface area contributed by atoms with E-state index in [2.05, 4.69) is 4.90 Å².